The molecule has 5 heterocycles. The van der Waals surface area contributed by atoms with Gasteiger partial charge in [-0.05, 0) is 68.6 Å². The normalized spacial score (nSPS) is 17.7. The summed E-state index contributed by atoms with van der Waals surface area (Å²) in [7, 11) is 5.17. The Morgan fingerprint density at radius 1 is 0.672 bits per heavy atom. The second-order valence-corrected chi connectivity index (χ2v) is 15.0. The fourth-order valence-corrected chi connectivity index (χ4v) is 8.21. The number of amides is 3. The summed E-state index contributed by atoms with van der Waals surface area (Å²) in [5.41, 5.74) is 7.01. The molecule has 3 aromatic carbocycles. The number of likely N-dealkylation sites (N-methyl/N-ethyl adjacent to an activating group) is 1. The fourth-order valence-electron chi connectivity index (χ4n) is 8.21. The molecule has 2 saturated heterocycles. The summed E-state index contributed by atoms with van der Waals surface area (Å²) in [5.74, 6) is 1.36. The number of pyridine rings is 1. The Labute approximate surface area is 337 Å². The van der Waals surface area contributed by atoms with Gasteiger partial charge in [0, 0.05) is 30.4 Å². The van der Waals surface area contributed by atoms with E-state index in [9.17, 15) is 14.4 Å². The third-order valence-electron chi connectivity index (χ3n) is 11.2. The number of H-pyrrole nitrogens is 2. The molecule has 58 heavy (non-hydrogen) atoms. The molecular weight excluding hydrogens is 731 g/mol. The lowest BCUT2D eigenvalue weighted by atomic mass is 10.0. The minimum absolute atomic E-state index is 0.0812. The summed E-state index contributed by atoms with van der Waals surface area (Å²) >= 11 is 0. The molecular formula is C45H47N9O4. The SMILES string of the molecule is COC(=O)N[C@@H](C(=O)N1CCC[C@H]1c1ncc(-c2ccc(-c3ccc(-c4cnc([C@@H]5CCCN5C(=O)[C@@H](c5ccccc5)N(C)C)[nH]4)cn3)cc2)[nH]1)c1ccccc1. The molecule has 296 valence electrons. The van der Waals surface area contributed by atoms with Crippen LogP contribution in [0.25, 0.3) is 33.8 Å². The van der Waals surface area contributed by atoms with E-state index in [0.717, 1.165) is 70.8 Å². The Balaban J connectivity index is 0.929. The second-order valence-electron chi connectivity index (χ2n) is 15.0. The maximum absolute atomic E-state index is 13.9. The van der Waals surface area contributed by atoms with Crippen molar-refractivity contribution in [2.24, 2.45) is 0 Å². The van der Waals surface area contributed by atoms with Crippen LogP contribution in [0.1, 0.15) is 72.6 Å². The zero-order chi connectivity index (χ0) is 40.2. The van der Waals surface area contributed by atoms with Crippen molar-refractivity contribution in [3.8, 4) is 33.8 Å². The third kappa shape index (κ3) is 7.85. The van der Waals surface area contributed by atoms with E-state index in [1.165, 1.54) is 7.11 Å². The molecule has 3 N–H and O–H groups in total. The highest BCUT2D eigenvalue weighted by atomic mass is 16.5. The van der Waals surface area contributed by atoms with Gasteiger partial charge in [-0.2, -0.15) is 0 Å². The van der Waals surface area contributed by atoms with Gasteiger partial charge in [-0.15, -0.1) is 0 Å². The number of methoxy groups -OCH3 is 1. The van der Waals surface area contributed by atoms with E-state index in [2.05, 4.69) is 15.3 Å². The first-order valence-electron chi connectivity index (χ1n) is 19.7. The van der Waals surface area contributed by atoms with Gasteiger partial charge in [0.05, 0.1) is 48.7 Å². The van der Waals surface area contributed by atoms with E-state index in [-0.39, 0.29) is 29.9 Å². The van der Waals surface area contributed by atoms with Crippen molar-refractivity contribution in [1.82, 2.24) is 44.9 Å². The fraction of sp³-hybridized carbons (Fsp3) is 0.289. The van der Waals surface area contributed by atoms with Crippen LogP contribution in [0.15, 0.2) is 116 Å². The Kier molecular flexibility index (Phi) is 11.1. The lowest BCUT2D eigenvalue weighted by Gasteiger charge is -2.31. The molecule has 3 aromatic heterocycles. The van der Waals surface area contributed by atoms with Gasteiger partial charge in [-0.3, -0.25) is 19.5 Å². The number of nitrogens with one attached hydrogen (secondary N) is 3. The van der Waals surface area contributed by atoms with E-state index >= 15 is 0 Å². The number of benzene rings is 3. The number of hydrogen-bond acceptors (Lipinski definition) is 8. The van der Waals surface area contributed by atoms with Crippen LogP contribution in [0.4, 0.5) is 4.79 Å². The molecule has 4 atom stereocenters. The van der Waals surface area contributed by atoms with Gasteiger partial charge in [-0.25, -0.2) is 14.8 Å². The molecule has 0 bridgehead atoms. The van der Waals surface area contributed by atoms with Crippen LogP contribution in [0.5, 0.6) is 0 Å². The van der Waals surface area contributed by atoms with E-state index in [0.29, 0.717) is 24.5 Å². The molecule has 6 aromatic rings. The zero-order valence-corrected chi connectivity index (χ0v) is 32.8. The van der Waals surface area contributed by atoms with E-state index in [1.54, 1.807) is 11.1 Å². The number of imidazole rings is 2. The van der Waals surface area contributed by atoms with Crippen LogP contribution in [0.2, 0.25) is 0 Å². The number of ether oxygens (including phenoxy) is 1. The quantitative estimate of drug-likeness (QED) is 0.124. The highest BCUT2D eigenvalue weighted by Crippen LogP contribution is 2.36. The number of alkyl carbamates (subject to hydrolysis) is 1. The molecule has 13 nitrogen and oxygen atoms in total. The van der Waals surface area contributed by atoms with Crippen molar-refractivity contribution in [3.05, 3.63) is 138 Å². The molecule has 2 aliphatic rings. The molecule has 3 amide bonds. The van der Waals surface area contributed by atoms with Crippen molar-refractivity contribution in [1.29, 1.82) is 0 Å². The molecule has 2 aliphatic heterocycles. The largest absolute Gasteiger partial charge is 0.453 e. The van der Waals surface area contributed by atoms with Gasteiger partial charge in [0.15, 0.2) is 0 Å². The maximum Gasteiger partial charge on any atom is 0.407 e. The molecule has 0 unspecified atom stereocenters. The third-order valence-corrected chi connectivity index (χ3v) is 11.2. The molecule has 0 aliphatic carbocycles. The number of aromatic nitrogens is 5. The monoisotopic (exact) mass is 777 g/mol. The summed E-state index contributed by atoms with van der Waals surface area (Å²) in [4.78, 5) is 66.9. The van der Waals surface area contributed by atoms with Crippen LogP contribution in [0, 0.1) is 0 Å². The van der Waals surface area contributed by atoms with Gasteiger partial charge in [0.1, 0.15) is 23.7 Å². The average molecular weight is 778 g/mol. The van der Waals surface area contributed by atoms with Crippen molar-refractivity contribution < 1.29 is 19.1 Å². The Hall–Kier alpha value is -6.60. The summed E-state index contributed by atoms with van der Waals surface area (Å²) in [6.45, 7) is 1.25. The summed E-state index contributed by atoms with van der Waals surface area (Å²) < 4.78 is 4.83. The molecule has 8 rings (SSSR count). The number of likely N-dealkylation sites (tertiary alicyclic amines) is 2. The molecule has 0 spiro atoms. The number of aromatic amines is 2. The predicted octanol–water partition coefficient (Wildman–Crippen LogP) is 7.26. The van der Waals surface area contributed by atoms with Crippen molar-refractivity contribution in [3.63, 3.8) is 0 Å². The summed E-state index contributed by atoms with van der Waals surface area (Å²) in [5, 5.41) is 2.71. The average Bonchev–Trinajstić information content (AvgIpc) is 4.11. The molecule has 0 radical (unpaired) electrons. The topological polar surface area (TPSA) is 152 Å². The molecule has 0 saturated carbocycles. The van der Waals surface area contributed by atoms with Crippen LogP contribution in [0.3, 0.4) is 0 Å². The number of rotatable bonds is 11. The summed E-state index contributed by atoms with van der Waals surface area (Å²) in [6.07, 6.45) is 8.14. The molecule has 13 heteroatoms. The van der Waals surface area contributed by atoms with Crippen LogP contribution in [-0.2, 0) is 14.3 Å². The van der Waals surface area contributed by atoms with Crippen molar-refractivity contribution >= 4 is 17.9 Å². The minimum Gasteiger partial charge on any atom is -0.453 e. The lowest BCUT2D eigenvalue weighted by molar-refractivity contribution is -0.137. The van der Waals surface area contributed by atoms with Gasteiger partial charge in [0.25, 0.3) is 5.91 Å². The first-order chi connectivity index (χ1) is 28.3. The number of nitrogens with zero attached hydrogens (tertiary/aromatic N) is 6. The van der Waals surface area contributed by atoms with Crippen molar-refractivity contribution in [2.45, 2.75) is 49.9 Å². The van der Waals surface area contributed by atoms with Gasteiger partial charge in [0.2, 0.25) is 5.91 Å². The smallest absolute Gasteiger partial charge is 0.407 e. The first-order valence-corrected chi connectivity index (χ1v) is 19.7. The second kappa shape index (κ2) is 16.9. The standard InChI is InChI=1S/C45H47N9O4/c1-52(2)40(32-14-8-5-9-15-32)44(56)54-25-11-17-38(54)42-48-28-36(50-42)33-22-23-34(46-26-33)29-18-20-30(21-19-29)35-27-47-41(49-35)37-16-10-24-53(37)43(55)39(51-45(57)58-3)31-12-6-4-7-13-31/h4-9,12-15,18-23,26-28,37-40H,10-11,16-17,24-25H2,1-3H3,(H,47,49)(H,48,50)(H,51,57)/t37-,38-,39+,40+/m0/s1. The zero-order valence-electron chi connectivity index (χ0n) is 32.8. The maximum atomic E-state index is 13.9. The van der Waals surface area contributed by atoms with Gasteiger partial charge in [-0.1, -0.05) is 84.9 Å². The highest BCUT2D eigenvalue weighted by molar-refractivity contribution is 5.87. The van der Waals surface area contributed by atoms with Gasteiger partial charge >= 0.3 is 6.09 Å². The van der Waals surface area contributed by atoms with Gasteiger partial charge < -0.3 is 29.8 Å². The highest BCUT2D eigenvalue weighted by Gasteiger charge is 2.38. The van der Waals surface area contributed by atoms with Crippen LogP contribution >= 0.6 is 0 Å². The number of carbonyl (C=O) groups excluding carboxylic acids is 3. The number of hydrogen-bond donors (Lipinski definition) is 3. The minimum atomic E-state index is -0.877. The number of carbonyl (C=O) groups is 3. The van der Waals surface area contributed by atoms with E-state index in [4.69, 9.17) is 19.7 Å². The first kappa shape index (κ1) is 38.3. The van der Waals surface area contributed by atoms with Crippen molar-refractivity contribution in [2.75, 3.05) is 34.3 Å². The molecule has 2 fully saturated rings. The Morgan fingerprint density at radius 3 is 1.76 bits per heavy atom. The lowest BCUT2D eigenvalue weighted by Crippen LogP contribution is -2.42. The van der Waals surface area contributed by atoms with Crippen LogP contribution < -0.4 is 5.32 Å². The van der Waals surface area contributed by atoms with E-state index < -0.39 is 12.1 Å². The van der Waals surface area contributed by atoms with E-state index in [1.807, 2.05) is 133 Å². The predicted molar refractivity (Wildman–Crippen MR) is 220 cm³/mol. The summed E-state index contributed by atoms with van der Waals surface area (Å²) in [6, 6.07) is 29.6. The van der Waals surface area contributed by atoms with Crippen LogP contribution in [-0.4, -0.2) is 91.8 Å². The Bertz CT molecular complexity index is 2340. The Morgan fingerprint density at radius 2 is 1.21 bits per heavy atom.